The van der Waals surface area contributed by atoms with Crippen LogP contribution in [0.15, 0.2) is 48.5 Å². The molecule has 0 radical (unpaired) electrons. The molecule has 2 rings (SSSR count). The molecule has 0 saturated carbocycles. The monoisotopic (exact) mass is 354 g/mol. The van der Waals surface area contributed by atoms with Crippen molar-refractivity contribution in [1.29, 1.82) is 0 Å². The third kappa shape index (κ3) is 3.22. The van der Waals surface area contributed by atoms with Gasteiger partial charge in [-0.3, -0.25) is 0 Å². The summed E-state index contributed by atoms with van der Waals surface area (Å²) in [6, 6.07) is 14.2. The van der Waals surface area contributed by atoms with Gasteiger partial charge in [0.25, 0.3) is 0 Å². The van der Waals surface area contributed by atoms with Crippen molar-refractivity contribution < 1.29 is 14.6 Å². The number of aromatic hydroxyl groups is 1. The lowest BCUT2D eigenvalue weighted by atomic mass is 10.2. The summed E-state index contributed by atoms with van der Waals surface area (Å²) in [5.41, 5.74) is 1.11. The van der Waals surface area contributed by atoms with Crippen molar-refractivity contribution >= 4 is 28.6 Å². The van der Waals surface area contributed by atoms with Crippen molar-refractivity contribution in [2.24, 2.45) is 0 Å². The summed E-state index contributed by atoms with van der Waals surface area (Å²) >= 11 is 2.08. The van der Waals surface area contributed by atoms with E-state index in [0.717, 1.165) is 9.13 Å². The molecule has 0 aliphatic heterocycles. The van der Waals surface area contributed by atoms with E-state index in [0.29, 0.717) is 0 Å². The third-order valence-corrected chi connectivity index (χ3v) is 3.06. The maximum Gasteiger partial charge on any atom is 0.342 e. The van der Waals surface area contributed by atoms with Gasteiger partial charge in [-0.05, 0) is 46.4 Å². The van der Waals surface area contributed by atoms with Crippen LogP contribution in [0.1, 0.15) is 15.9 Å². The molecule has 0 aliphatic rings. The fourth-order valence-electron chi connectivity index (χ4n) is 1.47. The molecule has 0 atom stereocenters. The van der Waals surface area contributed by atoms with Gasteiger partial charge in [-0.2, -0.15) is 0 Å². The first kappa shape index (κ1) is 12.9. The van der Waals surface area contributed by atoms with Gasteiger partial charge in [0.05, 0.1) is 0 Å². The first-order chi connectivity index (χ1) is 8.66. The van der Waals surface area contributed by atoms with Crippen LogP contribution in [0.2, 0.25) is 0 Å². The highest BCUT2D eigenvalue weighted by Gasteiger charge is 2.13. The van der Waals surface area contributed by atoms with E-state index < -0.39 is 5.97 Å². The van der Waals surface area contributed by atoms with E-state index in [9.17, 15) is 9.90 Å². The Balaban J connectivity index is 2.06. The van der Waals surface area contributed by atoms with Gasteiger partial charge in [0.2, 0.25) is 0 Å². The van der Waals surface area contributed by atoms with Crippen molar-refractivity contribution in [2.45, 2.75) is 6.61 Å². The molecule has 2 aromatic carbocycles. The van der Waals surface area contributed by atoms with Gasteiger partial charge in [0, 0.05) is 3.57 Å². The highest BCUT2D eigenvalue weighted by atomic mass is 127. The Morgan fingerprint density at radius 2 is 1.89 bits per heavy atom. The molecular formula is C14H11IO3. The van der Waals surface area contributed by atoms with E-state index in [1.165, 1.54) is 6.07 Å². The first-order valence-corrected chi connectivity index (χ1v) is 6.44. The normalized spacial score (nSPS) is 10.1. The van der Waals surface area contributed by atoms with Crippen LogP contribution in [0.5, 0.6) is 5.75 Å². The summed E-state index contributed by atoms with van der Waals surface area (Å²) in [7, 11) is 0. The Hall–Kier alpha value is -1.56. The van der Waals surface area contributed by atoms with E-state index >= 15 is 0 Å². The number of hydrogen-bond donors (Lipinski definition) is 1. The smallest absolute Gasteiger partial charge is 0.342 e. The number of halogens is 1. The summed E-state index contributed by atoms with van der Waals surface area (Å²) in [6.07, 6.45) is 0. The van der Waals surface area contributed by atoms with Gasteiger partial charge >= 0.3 is 5.97 Å². The lowest BCUT2D eigenvalue weighted by molar-refractivity contribution is 0.0469. The molecule has 18 heavy (non-hydrogen) atoms. The van der Waals surface area contributed by atoms with Crippen molar-refractivity contribution in [3.05, 3.63) is 63.2 Å². The predicted molar refractivity (Wildman–Crippen MR) is 76.4 cm³/mol. The fraction of sp³-hybridized carbons (Fsp3) is 0.0714. The van der Waals surface area contributed by atoms with Crippen LogP contribution in [0, 0.1) is 3.57 Å². The average Bonchev–Trinajstić information content (AvgIpc) is 2.40. The number of ether oxygens (including phenoxy) is 1. The topological polar surface area (TPSA) is 46.5 Å². The van der Waals surface area contributed by atoms with Gasteiger partial charge in [-0.25, -0.2) is 4.79 Å². The lowest BCUT2D eigenvalue weighted by Gasteiger charge is -2.06. The molecule has 0 aliphatic carbocycles. The van der Waals surface area contributed by atoms with Gasteiger partial charge in [0.15, 0.2) is 0 Å². The van der Waals surface area contributed by atoms with E-state index in [2.05, 4.69) is 22.6 Å². The van der Waals surface area contributed by atoms with Crippen molar-refractivity contribution in [1.82, 2.24) is 0 Å². The second-order valence-corrected chi connectivity index (χ2v) is 4.97. The standard InChI is InChI=1S/C14H11IO3/c15-11-6-7-13(16)12(8-11)14(17)18-9-10-4-2-1-3-5-10/h1-8,16H,9H2. The Morgan fingerprint density at radius 3 is 2.61 bits per heavy atom. The van der Waals surface area contributed by atoms with Crippen LogP contribution in [0.3, 0.4) is 0 Å². The number of rotatable bonds is 3. The zero-order chi connectivity index (χ0) is 13.0. The molecule has 0 fully saturated rings. The van der Waals surface area contributed by atoms with Crippen LogP contribution < -0.4 is 0 Å². The maximum atomic E-state index is 11.8. The predicted octanol–water partition coefficient (Wildman–Crippen LogP) is 3.35. The van der Waals surface area contributed by atoms with Gasteiger partial charge in [0.1, 0.15) is 17.9 Å². The summed E-state index contributed by atoms with van der Waals surface area (Å²) in [4.78, 5) is 11.8. The number of phenols is 1. The summed E-state index contributed by atoms with van der Waals surface area (Å²) < 4.78 is 6.02. The minimum atomic E-state index is -0.519. The first-order valence-electron chi connectivity index (χ1n) is 5.36. The van der Waals surface area contributed by atoms with E-state index in [4.69, 9.17) is 4.74 Å². The van der Waals surface area contributed by atoms with Crippen molar-refractivity contribution in [2.75, 3.05) is 0 Å². The number of carbonyl (C=O) groups is 1. The lowest BCUT2D eigenvalue weighted by Crippen LogP contribution is -2.05. The van der Waals surface area contributed by atoms with Crippen LogP contribution in [-0.4, -0.2) is 11.1 Å². The van der Waals surface area contributed by atoms with Crippen LogP contribution >= 0.6 is 22.6 Å². The summed E-state index contributed by atoms with van der Waals surface area (Å²) in [5.74, 6) is -0.580. The van der Waals surface area contributed by atoms with Crippen LogP contribution in [0.4, 0.5) is 0 Å². The van der Waals surface area contributed by atoms with Crippen molar-refractivity contribution in [3.8, 4) is 5.75 Å². The number of esters is 1. The molecule has 1 N–H and O–H groups in total. The zero-order valence-electron chi connectivity index (χ0n) is 9.47. The van der Waals surface area contributed by atoms with Gasteiger partial charge in [-0.1, -0.05) is 30.3 Å². The van der Waals surface area contributed by atoms with E-state index in [-0.39, 0.29) is 17.9 Å². The average molecular weight is 354 g/mol. The Bertz CT molecular complexity index is 552. The Kier molecular flexibility index (Phi) is 4.19. The molecule has 0 unspecified atom stereocenters. The summed E-state index contributed by atoms with van der Waals surface area (Å²) in [5, 5.41) is 9.60. The molecule has 4 heteroatoms. The van der Waals surface area contributed by atoms with Crippen LogP contribution in [-0.2, 0) is 11.3 Å². The zero-order valence-corrected chi connectivity index (χ0v) is 11.6. The fourth-order valence-corrected chi connectivity index (χ4v) is 1.96. The molecule has 0 amide bonds. The molecule has 0 heterocycles. The highest BCUT2D eigenvalue weighted by molar-refractivity contribution is 14.1. The molecule has 2 aromatic rings. The summed E-state index contributed by atoms with van der Waals surface area (Å²) in [6.45, 7) is 0.199. The molecular weight excluding hydrogens is 343 g/mol. The second kappa shape index (κ2) is 5.86. The van der Waals surface area contributed by atoms with E-state index in [1.807, 2.05) is 30.3 Å². The molecule has 0 spiro atoms. The third-order valence-electron chi connectivity index (χ3n) is 2.39. The van der Waals surface area contributed by atoms with Crippen molar-refractivity contribution in [3.63, 3.8) is 0 Å². The minimum Gasteiger partial charge on any atom is -0.507 e. The van der Waals surface area contributed by atoms with Gasteiger partial charge in [-0.15, -0.1) is 0 Å². The minimum absolute atomic E-state index is 0.0616. The Labute approximate surface area is 119 Å². The molecule has 3 nitrogen and oxygen atoms in total. The van der Waals surface area contributed by atoms with Crippen LogP contribution in [0.25, 0.3) is 0 Å². The largest absolute Gasteiger partial charge is 0.507 e. The molecule has 92 valence electrons. The number of phenolic OH excluding ortho intramolecular Hbond substituents is 1. The van der Waals surface area contributed by atoms with Gasteiger partial charge < -0.3 is 9.84 Å². The number of benzene rings is 2. The molecule has 0 saturated heterocycles. The quantitative estimate of drug-likeness (QED) is 0.679. The van der Waals surface area contributed by atoms with E-state index in [1.54, 1.807) is 12.1 Å². The number of hydrogen-bond acceptors (Lipinski definition) is 3. The highest BCUT2D eigenvalue weighted by Crippen LogP contribution is 2.20. The number of carbonyl (C=O) groups excluding carboxylic acids is 1. The maximum absolute atomic E-state index is 11.8. The Morgan fingerprint density at radius 1 is 1.17 bits per heavy atom. The SMILES string of the molecule is O=C(OCc1ccccc1)c1cc(I)ccc1O. The molecule has 0 aromatic heterocycles. The molecule has 0 bridgehead atoms. The second-order valence-electron chi connectivity index (χ2n) is 3.72.